The summed E-state index contributed by atoms with van der Waals surface area (Å²) < 4.78 is 5.33. The number of hydrogen-bond acceptors (Lipinski definition) is 4. The van der Waals surface area contributed by atoms with E-state index in [2.05, 4.69) is 33.0 Å². The summed E-state index contributed by atoms with van der Waals surface area (Å²) in [5.74, 6) is 0.981. The Morgan fingerprint density at radius 3 is 2.00 bits per heavy atom. The Balaban J connectivity index is 3.41. The number of nitrogens with one attached hydrogen (secondary N) is 1. The Morgan fingerprint density at radius 1 is 0.882 bits per heavy atom. The van der Waals surface area contributed by atoms with Crippen LogP contribution in [-0.4, -0.2) is 48.7 Å². The molecule has 0 aromatic heterocycles. The van der Waals surface area contributed by atoms with Gasteiger partial charge >= 0.3 is 0 Å². The van der Waals surface area contributed by atoms with Crippen LogP contribution in [0.5, 0.6) is 0 Å². The number of hydrogen-bond donors (Lipinski definition) is 3. The summed E-state index contributed by atoms with van der Waals surface area (Å²) >= 11 is 0. The summed E-state index contributed by atoms with van der Waals surface area (Å²) in [7, 11) is 0. The summed E-state index contributed by atoms with van der Waals surface area (Å²) in [6.07, 6.45) is -0.0498. The molecule has 3 N–H and O–H groups in total. The molecule has 0 rings (SSSR count). The van der Waals surface area contributed by atoms with Gasteiger partial charge in [-0.05, 0) is 18.3 Å². The normalized spacial score (nSPS) is 15.5. The minimum atomic E-state index is -0.500. The van der Waals surface area contributed by atoms with Crippen molar-refractivity contribution in [3.8, 4) is 0 Å². The zero-order valence-corrected chi connectivity index (χ0v) is 11.6. The van der Waals surface area contributed by atoms with Gasteiger partial charge in [-0.1, -0.05) is 27.7 Å². The Bertz CT molecular complexity index is 174. The van der Waals surface area contributed by atoms with Crippen molar-refractivity contribution in [2.75, 3.05) is 26.3 Å². The highest BCUT2D eigenvalue weighted by Gasteiger charge is 2.08. The molecule has 0 saturated carbocycles. The average Bonchev–Trinajstić information content (AvgIpc) is 2.15. The molecule has 0 amide bonds. The van der Waals surface area contributed by atoms with Gasteiger partial charge in [0.2, 0.25) is 0 Å². The number of aliphatic hydroxyl groups is 2. The van der Waals surface area contributed by atoms with Crippen LogP contribution < -0.4 is 5.32 Å². The predicted octanol–water partition coefficient (Wildman–Crippen LogP) is 1.02. The second kappa shape index (κ2) is 9.83. The Hall–Kier alpha value is -0.160. The first-order chi connectivity index (χ1) is 7.91. The maximum Gasteiger partial charge on any atom is 0.0897 e. The Kier molecular flexibility index (Phi) is 9.74. The molecule has 0 aliphatic carbocycles. The molecular formula is C13H29NO3. The van der Waals surface area contributed by atoms with E-state index in [0.29, 0.717) is 38.1 Å². The lowest BCUT2D eigenvalue weighted by atomic mass is 10.1. The van der Waals surface area contributed by atoms with E-state index in [1.54, 1.807) is 0 Å². The lowest BCUT2D eigenvalue weighted by molar-refractivity contribution is 0.0245. The van der Waals surface area contributed by atoms with E-state index in [1.807, 2.05) is 0 Å². The third kappa shape index (κ3) is 12.1. The van der Waals surface area contributed by atoms with Crippen LogP contribution in [0.25, 0.3) is 0 Å². The SMILES string of the molecule is CC(C)COCC(O)CNCC(O)CC(C)C. The fourth-order valence-corrected chi connectivity index (χ4v) is 1.54. The van der Waals surface area contributed by atoms with Crippen molar-refractivity contribution in [1.82, 2.24) is 5.32 Å². The second-order valence-electron chi connectivity index (χ2n) is 5.53. The summed E-state index contributed by atoms with van der Waals surface area (Å²) in [6, 6.07) is 0. The van der Waals surface area contributed by atoms with Crippen LogP contribution in [0.15, 0.2) is 0 Å². The molecule has 0 aromatic rings. The highest BCUT2D eigenvalue weighted by atomic mass is 16.5. The van der Waals surface area contributed by atoms with Crippen molar-refractivity contribution in [2.45, 2.75) is 46.3 Å². The quantitative estimate of drug-likeness (QED) is 0.539. The molecule has 4 heteroatoms. The molecule has 0 fully saturated rings. The number of ether oxygens (including phenoxy) is 1. The van der Waals surface area contributed by atoms with Gasteiger partial charge in [0.1, 0.15) is 0 Å². The summed E-state index contributed by atoms with van der Waals surface area (Å²) in [4.78, 5) is 0. The van der Waals surface area contributed by atoms with Gasteiger partial charge in [-0.2, -0.15) is 0 Å². The van der Waals surface area contributed by atoms with Gasteiger partial charge in [0, 0.05) is 19.7 Å². The standard InChI is InChI=1S/C13H29NO3/c1-10(2)5-12(15)6-14-7-13(16)9-17-8-11(3)4/h10-16H,5-9H2,1-4H3. The molecule has 0 radical (unpaired) electrons. The molecule has 0 spiro atoms. The first-order valence-electron chi connectivity index (χ1n) is 6.56. The molecule has 0 aliphatic rings. The van der Waals surface area contributed by atoms with Crippen LogP contribution in [-0.2, 0) is 4.74 Å². The van der Waals surface area contributed by atoms with E-state index in [9.17, 15) is 10.2 Å². The molecule has 0 saturated heterocycles. The van der Waals surface area contributed by atoms with Crippen molar-refractivity contribution in [1.29, 1.82) is 0 Å². The van der Waals surface area contributed by atoms with Gasteiger partial charge in [0.05, 0.1) is 18.8 Å². The van der Waals surface area contributed by atoms with E-state index < -0.39 is 6.10 Å². The fraction of sp³-hybridized carbons (Fsp3) is 1.00. The van der Waals surface area contributed by atoms with Crippen LogP contribution in [0, 0.1) is 11.8 Å². The maximum atomic E-state index is 9.61. The van der Waals surface area contributed by atoms with Crippen molar-refractivity contribution in [3.63, 3.8) is 0 Å². The first-order valence-corrected chi connectivity index (χ1v) is 6.56. The van der Waals surface area contributed by atoms with Gasteiger partial charge in [0.15, 0.2) is 0 Å². The van der Waals surface area contributed by atoms with Crippen LogP contribution >= 0.6 is 0 Å². The molecule has 17 heavy (non-hydrogen) atoms. The fourth-order valence-electron chi connectivity index (χ4n) is 1.54. The van der Waals surface area contributed by atoms with E-state index in [0.717, 1.165) is 6.42 Å². The van der Waals surface area contributed by atoms with Crippen LogP contribution in [0.1, 0.15) is 34.1 Å². The summed E-state index contributed by atoms with van der Waals surface area (Å²) in [6.45, 7) is 10.3. The van der Waals surface area contributed by atoms with Crippen LogP contribution in [0.2, 0.25) is 0 Å². The maximum absolute atomic E-state index is 9.61. The third-order valence-electron chi connectivity index (χ3n) is 2.26. The lowest BCUT2D eigenvalue weighted by Crippen LogP contribution is -2.35. The van der Waals surface area contributed by atoms with Crippen molar-refractivity contribution < 1.29 is 14.9 Å². The van der Waals surface area contributed by atoms with Gasteiger partial charge < -0.3 is 20.3 Å². The monoisotopic (exact) mass is 247 g/mol. The third-order valence-corrected chi connectivity index (χ3v) is 2.26. The van der Waals surface area contributed by atoms with Crippen LogP contribution in [0.4, 0.5) is 0 Å². The minimum Gasteiger partial charge on any atom is -0.392 e. The molecule has 0 aromatic carbocycles. The topological polar surface area (TPSA) is 61.7 Å². The van der Waals surface area contributed by atoms with Gasteiger partial charge in [-0.3, -0.25) is 0 Å². The van der Waals surface area contributed by atoms with E-state index in [1.165, 1.54) is 0 Å². The summed E-state index contributed by atoms with van der Waals surface area (Å²) in [5.41, 5.74) is 0. The van der Waals surface area contributed by atoms with Crippen molar-refractivity contribution >= 4 is 0 Å². The first kappa shape index (κ1) is 16.8. The van der Waals surface area contributed by atoms with E-state index in [4.69, 9.17) is 4.74 Å². The van der Waals surface area contributed by atoms with Crippen molar-refractivity contribution in [3.05, 3.63) is 0 Å². The minimum absolute atomic E-state index is 0.334. The molecule has 104 valence electrons. The zero-order chi connectivity index (χ0) is 13.3. The van der Waals surface area contributed by atoms with Gasteiger partial charge in [-0.15, -0.1) is 0 Å². The predicted molar refractivity (Wildman–Crippen MR) is 70.0 cm³/mol. The molecular weight excluding hydrogens is 218 g/mol. The molecule has 2 unspecified atom stereocenters. The Labute approximate surface area is 105 Å². The van der Waals surface area contributed by atoms with Gasteiger partial charge in [0.25, 0.3) is 0 Å². The zero-order valence-electron chi connectivity index (χ0n) is 11.6. The molecule has 2 atom stereocenters. The van der Waals surface area contributed by atoms with E-state index >= 15 is 0 Å². The molecule has 0 bridgehead atoms. The van der Waals surface area contributed by atoms with Crippen molar-refractivity contribution in [2.24, 2.45) is 11.8 Å². The molecule has 4 nitrogen and oxygen atoms in total. The molecule has 0 heterocycles. The smallest absolute Gasteiger partial charge is 0.0897 e. The van der Waals surface area contributed by atoms with E-state index in [-0.39, 0.29) is 6.10 Å². The number of aliphatic hydroxyl groups excluding tert-OH is 2. The summed E-state index contributed by atoms with van der Waals surface area (Å²) in [5, 5.41) is 22.2. The number of rotatable bonds is 10. The highest BCUT2D eigenvalue weighted by molar-refractivity contribution is 4.64. The average molecular weight is 247 g/mol. The van der Waals surface area contributed by atoms with Crippen LogP contribution in [0.3, 0.4) is 0 Å². The second-order valence-corrected chi connectivity index (χ2v) is 5.53. The van der Waals surface area contributed by atoms with Gasteiger partial charge in [-0.25, -0.2) is 0 Å². The largest absolute Gasteiger partial charge is 0.392 e. The molecule has 0 aliphatic heterocycles. The lowest BCUT2D eigenvalue weighted by Gasteiger charge is -2.16. The Morgan fingerprint density at radius 2 is 1.47 bits per heavy atom. The highest BCUT2D eigenvalue weighted by Crippen LogP contribution is 2.03.